The van der Waals surface area contributed by atoms with Crippen molar-refractivity contribution in [2.45, 2.75) is 32.7 Å². The first kappa shape index (κ1) is 7.45. The zero-order chi connectivity index (χ0) is 7.56. The predicted octanol–water partition coefficient (Wildman–Crippen LogP) is 1.70. The lowest BCUT2D eigenvalue weighted by atomic mass is 10.3. The fourth-order valence-electron chi connectivity index (χ4n) is 0.733. The van der Waals surface area contributed by atoms with Crippen molar-refractivity contribution in [1.29, 1.82) is 0 Å². The van der Waals surface area contributed by atoms with Crippen molar-refractivity contribution < 1.29 is 0 Å². The summed E-state index contributed by atoms with van der Waals surface area (Å²) in [6, 6.07) is 0.622. The molecule has 1 saturated carbocycles. The SMILES string of the molecule is CN=C(C)C(C)=NC1CC1. The van der Waals surface area contributed by atoms with E-state index in [-0.39, 0.29) is 0 Å². The molecule has 0 N–H and O–H groups in total. The molecule has 2 heteroatoms. The molecule has 0 aromatic heterocycles. The van der Waals surface area contributed by atoms with Crippen LogP contribution in [0.4, 0.5) is 0 Å². The van der Waals surface area contributed by atoms with Crippen LogP contribution in [0, 0.1) is 0 Å². The van der Waals surface area contributed by atoms with E-state index in [2.05, 4.69) is 9.98 Å². The highest BCUT2D eigenvalue weighted by Crippen LogP contribution is 2.23. The lowest BCUT2D eigenvalue weighted by Gasteiger charge is -1.95. The summed E-state index contributed by atoms with van der Waals surface area (Å²) in [6.45, 7) is 4.03. The van der Waals surface area contributed by atoms with Gasteiger partial charge in [-0.15, -0.1) is 0 Å². The maximum absolute atomic E-state index is 4.45. The highest BCUT2D eigenvalue weighted by atomic mass is 14.9. The van der Waals surface area contributed by atoms with Gasteiger partial charge in [0.2, 0.25) is 0 Å². The summed E-state index contributed by atoms with van der Waals surface area (Å²) in [5.41, 5.74) is 2.16. The van der Waals surface area contributed by atoms with Crippen molar-refractivity contribution in [2.75, 3.05) is 7.05 Å². The molecule has 1 rings (SSSR count). The first-order valence-electron chi connectivity index (χ1n) is 3.72. The molecule has 56 valence electrons. The standard InChI is InChI=1S/C8H14N2/c1-6(9-3)7(2)10-8-4-5-8/h8H,4-5H2,1-3H3. The van der Waals surface area contributed by atoms with Crippen molar-refractivity contribution >= 4 is 11.4 Å². The molecule has 0 heterocycles. The third-order valence-electron chi connectivity index (χ3n) is 1.78. The fraction of sp³-hybridized carbons (Fsp3) is 0.750. The van der Waals surface area contributed by atoms with Gasteiger partial charge in [0, 0.05) is 7.05 Å². The van der Waals surface area contributed by atoms with Crippen LogP contribution in [0.3, 0.4) is 0 Å². The second-order valence-corrected chi connectivity index (χ2v) is 2.75. The van der Waals surface area contributed by atoms with E-state index in [1.807, 2.05) is 13.8 Å². The molecule has 0 aliphatic heterocycles. The molecule has 0 amide bonds. The Kier molecular flexibility index (Phi) is 2.20. The van der Waals surface area contributed by atoms with Gasteiger partial charge in [-0.3, -0.25) is 9.98 Å². The molecular weight excluding hydrogens is 124 g/mol. The van der Waals surface area contributed by atoms with E-state index < -0.39 is 0 Å². The first-order valence-corrected chi connectivity index (χ1v) is 3.72. The number of aliphatic imine (C=N–C) groups is 2. The summed E-state index contributed by atoms with van der Waals surface area (Å²) in [4.78, 5) is 8.50. The van der Waals surface area contributed by atoms with E-state index in [1.54, 1.807) is 7.05 Å². The van der Waals surface area contributed by atoms with Gasteiger partial charge in [0.15, 0.2) is 0 Å². The number of hydrogen-bond donors (Lipinski definition) is 0. The third-order valence-corrected chi connectivity index (χ3v) is 1.78. The normalized spacial score (nSPS) is 21.5. The second kappa shape index (κ2) is 2.95. The minimum atomic E-state index is 0.622. The summed E-state index contributed by atoms with van der Waals surface area (Å²) in [6.07, 6.45) is 2.54. The average Bonchev–Trinajstić information content (AvgIpc) is 2.70. The van der Waals surface area contributed by atoms with E-state index >= 15 is 0 Å². The van der Waals surface area contributed by atoms with Crippen LogP contribution in [-0.4, -0.2) is 24.5 Å². The van der Waals surface area contributed by atoms with Crippen LogP contribution in [0.5, 0.6) is 0 Å². The summed E-state index contributed by atoms with van der Waals surface area (Å²) < 4.78 is 0. The van der Waals surface area contributed by atoms with E-state index in [0.717, 1.165) is 11.4 Å². The molecule has 0 aromatic carbocycles. The summed E-state index contributed by atoms with van der Waals surface area (Å²) in [7, 11) is 1.81. The van der Waals surface area contributed by atoms with E-state index in [0.29, 0.717) is 6.04 Å². The minimum absolute atomic E-state index is 0.622. The lowest BCUT2D eigenvalue weighted by molar-refractivity contribution is 1.07. The van der Waals surface area contributed by atoms with Gasteiger partial charge in [-0.25, -0.2) is 0 Å². The Morgan fingerprint density at radius 1 is 1.20 bits per heavy atom. The van der Waals surface area contributed by atoms with Gasteiger partial charge < -0.3 is 0 Å². The summed E-state index contributed by atoms with van der Waals surface area (Å²) in [5.74, 6) is 0. The van der Waals surface area contributed by atoms with Crippen LogP contribution in [0.1, 0.15) is 26.7 Å². The van der Waals surface area contributed by atoms with Crippen molar-refractivity contribution in [3.05, 3.63) is 0 Å². The van der Waals surface area contributed by atoms with Gasteiger partial charge in [0.05, 0.1) is 17.5 Å². The lowest BCUT2D eigenvalue weighted by Crippen LogP contribution is -2.05. The highest BCUT2D eigenvalue weighted by Gasteiger charge is 2.20. The number of hydrogen-bond acceptors (Lipinski definition) is 2. The molecule has 10 heavy (non-hydrogen) atoms. The number of rotatable bonds is 2. The Balaban J connectivity index is 2.53. The Labute approximate surface area is 62.1 Å². The minimum Gasteiger partial charge on any atom is -0.292 e. The molecule has 0 aromatic rings. The van der Waals surface area contributed by atoms with Gasteiger partial charge in [0.1, 0.15) is 0 Å². The summed E-state index contributed by atoms with van der Waals surface area (Å²) >= 11 is 0. The predicted molar refractivity (Wildman–Crippen MR) is 45.2 cm³/mol. The molecule has 0 saturated heterocycles. The van der Waals surface area contributed by atoms with Gasteiger partial charge in [-0.1, -0.05) is 0 Å². The third kappa shape index (κ3) is 1.94. The molecule has 0 bridgehead atoms. The maximum atomic E-state index is 4.45. The van der Waals surface area contributed by atoms with Crippen LogP contribution in [0.15, 0.2) is 9.98 Å². The zero-order valence-corrected chi connectivity index (χ0v) is 6.89. The van der Waals surface area contributed by atoms with Crippen molar-refractivity contribution in [2.24, 2.45) is 9.98 Å². The van der Waals surface area contributed by atoms with Crippen LogP contribution in [-0.2, 0) is 0 Å². The van der Waals surface area contributed by atoms with Crippen molar-refractivity contribution in [3.63, 3.8) is 0 Å². The van der Waals surface area contributed by atoms with Crippen LogP contribution >= 0.6 is 0 Å². The van der Waals surface area contributed by atoms with E-state index in [4.69, 9.17) is 0 Å². The van der Waals surface area contributed by atoms with Gasteiger partial charge in [-0.05, 0) is 26.7 Å². The Hall–Kier alpha value is -0.660. The van der Waals surface area contributed by atoms with Crippen molar-refractivity contribution in [3.8, 4) is 0 Å². The smallest absolute Gasteiger partial charge is 0.0527 e. The van der Waals surface area contributed by atoms with Crippen LogP contribution in [0.2, 0.25) is 0 Å². The Morgan fingerprint density at radius 2 is 1.80 bits per heavy atom. The van der Waals surface area contributed by atoms with Gasteiger partial charge >= 0.3 is 0 Å². The van der Waals surface area contributed by atoms with Crippen molar-refractivity contribution in [1.82, 2.24) is 0 Å². The highest BCUT2D eigenvalue weighted by molar-refractivity contribution is 6.40. The van der Waals surface area contributed by atoms with Crippen LogP contribution in [0.25, 0.3) is 0 Å². The molecule has 0 atom stereocenters. The summed E-state index contributed by atoms with van der Waals surface area (Å²) in [5, 5.41) is 0. The average molecular weight is 138 g/mol. The van der Waals surface area contributed by atoms with Gasteiger partial charge in [-0.2, -0.15) is 0 Å². The molecule has 0 radical (unpaired) electrons. The molecule has 1 fully saturated rings. The molecule has 1 aliphatic rings. The van der Waals surface area contributed by atoms with E-state index in [1.165, 1.54) is 12.8 Å². The second-order valence-electron chi connectivity index (χ2n) is 2.75. The topological polar surface area (TPSA) is 24.7 Å². The largest absolute Gasteiger partial charge is 0.292 e. The number of nitrogens with zero attached hydrogens (tertiary/aromatic N) is 2. The molecular formula is C8H14N2. The molecule has 1 aliphatic carbocycles. The maximum Gasteiger partial charge on any atom is 0.0527 e. The van der Waals surface area contributed by atoms with E-state index in [9.17, 15) is 0 Å². The zero-order valence-electron chi connectivity index (χ0n) is 6.89. The monoisotopic (exact) mass is 138 g/mol. The first-order chi connectivity index (χ1) is 4.74. The molecule has 0 spiro atoms. The Bertz CT molecular complexity index is 176. The molecule has 2 nitrogen and oxygen atoms in total. The van der Waals surface area contributed by atoms with Gasteiger partial charge in [0.25, 0.3) is 0 Å². The quantitative estimate of drug-likeness (QED) is 0.519. The van der Waals surface area contributed by atoms with Crippen LogP contribution < -0.4 is 0 Å². The molecule has 0 unspecified atom stereocenters. The Morgan fingerprint density at radius 3 is 2.20 bits per heavy atom. The fourth-order valence-corrected chi connectivity index (χ4v) is 0.733.